The second-order valence-corrected chi connectivity index (χ2v) is 5.51. The van der Waals surface area contributed by atoms with Crippen molar-refractivity contribution >= 4 is 43.3 Å². The van der Waals surface area contributed by atoms with Crippen LogP contribution in [0.15, 0.2) is 34.1 Å². The zero-order chi connectivity index (χ0) is 12.7. The maximum absolute atomic E-state index is 13.8. The summed E-state index contributed by atoms with van der Waals surface area (Å²) >= 11 is 4.76. The van der Waals surface area contributed by atoms with Gasteiger partial charge in [0.25, 0.3) is 0 Å². The van der Waals surface area contributed by atoms with Crippen LogP contribution in [0.4, 0.5) is 10.2 Å². The second kappa shape index (κ2) is 4.29. The number of anilines is 1. The lowest BCUT2D eigenvalue weighted by molar-refractivity contribution is 0.630. The summed E-state index contributed by atoms with van der Waals surface area (Å²) < 4.78 is 14.5. The molecule has 0 aliphatic carbocycles. The molecule has 0 aliphatic heterocycles. The molecule has 0 radical (unpaired) electrons. The normalized spacial score (nSPS) is 11.0. The van der Waals surface area contributed by atoms with E-state index < -0.39 is 0 Å². The SMILES string of the molecule is Nc1nc(-c2cc(Br)ccc2F)nc2sccc12. The summed E-state index contributed by atoms with van der Waals surface area (Å²) in [5.41, 5.74) is 6.19. The molecule has 0 saturated carbocycles. The second-order valence-electron chi connectivity index (χ2n) is 3.70. The third kappa shape index (κ3) is 1.87. The monoisotopic (exact) mass is 323 g/mol. The van der Waals surface area contributed by atoms with Gasteiger partial charge in [0, 0.05) is 4.47 Å². The number of hydrogen-bond acceptors (Lipinski definition) is 4. The van der Waals surface area contributed by atoms with Crippen LogP contribution in [-0.4, -0.2) is 9.97 Å². The standard InChI is InChI=1S/C12H7BrFN3S/c13-6-1-2-9(14)8(5-6)11-16-10(15)7-3-4-18-12(7)17-11/h1-5H,(H2,15,16,17). The zero-order valence-electron chi connectivity index (χ0n) is 9.02. The number of thiophene rings is 1. The lowest BCUT2D eigenvalue weighted by Gasteiger charge is -2.04. The number of nitrogen functional groups attached to an aromatic ring is 1. The Bertz CT molecular complexity index is 741. The number of halogens is 2. The van der Waals surface area contributed by atoms with E-state index in [1.165, 1.54) is 17.4 Å². The van der Waals surface area contributed by atoms with Gasteiger partial charge >= 0.3 is 0 Å². The predicted molar refractivity (Wildman–Crippen MR) is 74.9 cm³/mol. The molecular formula is C12H7BrFN3S. The molecule has 2 aromatic heterocycles. The molecule has 0 spiro atoms. The number of fused-ring (bicyclic) bond motifs is 1. The molecular weight excluding hydrogens is 317 g/mol. The quantitative estimate of drug-likeness (QED) is 0.740. The first-order valence-electron chi connectivity index (χ1n) is 5.11. The van der Waals surface area contributed by atoms with E-state index in [1.807, 2.05) is 11.4 Å². The molecule has 90 valence electrons. The largest absolute Gasteiger partial charge is 0.383 e. The molecule has 0 amide bonds. The Morgan fingerprint density at radius 1 is 1.22 bits per heavy atom. The molecule has 0 saturated heterocycles. The van der Waals surface area contributed by atoms with Crippen LogP contribution in [0.5, 0.6) is 0 Å². The molecule has 0 unspecified atom stereocenters. The molecule has 0 bridgehead atoms. The lowest BCUT2D eigenvalue weighted by atomic mass is 10.2. The van der Waals surface area contributed by atoms with Crippen LogP contribution < -0.4 is 5.73 Å². The highest BCUT2D eigenvalue weighted by Gasteiger charge is 2.12. The minimum atomic E-state index is -0.367. The van der Waals surface area contributed by atoms with Gasteiger partial charge in [-0.3, -0.25) is 0 Å². The van der Waals surface area contributed by atoms with Crippen LogP contribution in [0, 0.1) is 5.82 Å². The van der Waals surface area contributed by atoms with Gasteiger partial charge in [0.15, 0.2) is 5.82 Å². The van der Waals surface area contributed by atoms with Gasteiger partial charge in [-0.25, -0.2) is 14.4 Å². The fourth-order valence-electron chi connectivity index (χ4n) is 1.67. The minimum absolute atomic E-state index is 0.307. The summed E-state index contributed by atoms with van der Waals surface area (Å²) in [6.45, 7) is 0. The Hall–Kier alpha value is -1.53. The molecule has 0 aliphatic rings. The maximum atomic E-state index is 13.8. The third-order valence-electron chi connectivity index (χ3n) is 2.52. The van der Waals surface area contributed by atoms with Gasteiger partial charge in [0.05, 0.1) is 10.9 Å². The van der Waals surface area contributed by atoms with E-state index in [-0.39, 0.29) is 5.82 Å². The van der Waals surface area contributed by atoms with Crippen LogP contribution in [0.3, 0.4) is 0 Å². The van der Waals surface area contributed by atoms with Crippen LogP contribution in [0.25, 0.3) is 21.6 Å². The van der Waals surface area contributed by atoms with Gasteiger partial charge in [-0.2, -0.15) is 0 Å². The highest BCUT2D eigenvalue weighted by molar-refractivity contribution is 9.10. The Labute approximate surface area is 115 Å². The van der Waals surface area contributed by atoms with Gasteiger partial charge in [-0.1, -0.05) is 15.9 Å². The molecule has 1 aromatic carbocycles. The first-order valence-corrected chi connectivity index (χ1v) is 6.78. The number of hydrogen-bond donors (Lipinski definition) is 1. The lowest BCUT2D eigenvalue weighted by Crippen LogP contribution is -1.97. The summed E-state index contributed by atoms with van der Waals surface area (Å²) in [4.78, 5) is 9.25. The highest BCUT2D eigenvalue weighted by atomic mass is 79.9. The number of aromatic nitrogens is 2. The fourth-order valence-corrected chi connectivity index (χ4v) is 2.80. The van der Waals surface area contributed by atoms with Crippen molar-refractivity contribution in [3.8, 4) is 11.4 Å². The summed E-state index contributed by atoms with van der Waals surface area (Å²) in [6.07, 6.45) is 0. The van der Waals surface area contributed by atoms with Gasteiger partial charge in [-0.15, -0.1) is 11.3 Å². The number of rotatable bonds is 1. The van der Waals surface area contributed by atoms with Crippen LogP contribution >= 0.6 is 27.3 Å². The molecule has 2 N–H and O–H groups in total. The molecule has 0 atom stereocenters. The molecule has 3 aromatic rings. The molecule has 0 fully saturated rings. The van der Waals surface area contributed by atoms with E-state index in [0.717, 1.165) is 14.7 Å². The van der Waals surface area contributed by atoms with Crippen molar-refractivity contribution < 1.29 is 4.39 Å². The van der Waals surface area contributed by atoms with E-state index in [2.05, 4.69) is 25.9 Å². The van der Waals surface area contributed by atoms with Crippen LogP contribution in [0.2, 0.25) is 0 Å². The van der Waals surface area contributed by atoms with Gasteiger partial charge in [0.2, 0.25) is 0 Å². The number of nitrogens with two attached hydrogens (primary N) is 1. The van der Waals surface area contributed by atoms with Crippen molar-refractivity contribution in [1.82, 2.24) is 9.97 Å². The van der Waals surface area contributed by atoms with E-state index in [4.69, 9.17) is 5.73 Å². The number of nitrogens with zero attached hydrogens (tertiary/aromatic N) is 2. The van der Waals surface area contributed by atoms with Crippen LogP contribution in [-0.2, 0) is 0 Å². The topological polar surface area (TPSA) is 51.8 Å². The Morgan fingerprint density at radius 3 is 2.89 bits per heavy atom. The van der Waals surface area contributed by atoms with E-state index in [9.17, 15) is 4.39 Å². The summed E-state index contributed by atoms with van der Waals surface area (Å²) in [5.74, 6) is 0.311. The molecule has 3 nitrogen and oxygen atoms in total. The highest BCUT2D eigenvalue weighted by Crippen LogP contribution is 2.29. The van der Waals surface area contributed by atoms with E-state index in [1.54, 1.807) is 12.1 Å². The Kier molecular flexibility index (Phi) is 2.76. The maximum Gasteiger partial charge on any atom is 0.166 e. The van der Waals surface area contributed by atoms with E-state index in [0.29, 0.717) is 17.2 Å². The Balaban J connectivity index is 2.27. The van der Waals surface area contributed by atoms with E-state index >= 15 is 0 Å². The van der Waals surface area contributed by atoms with Gasteiger partial charge < -0.3 is 5.73 Å². The molecule has 3 rings (SSSR count). The summed E-state index contributed by atoms with van der Waals surface area (Å²) in [6, 6.07) is 6.50. The van der Waals surface area contributed by atoms with Crippen LogP contribution in [0.1, 0.15) is 0 Å². The average Bonchev–Trinajstić information content (AvgIpc) is 2.81. The molecule has 18 heavy (non-hydrogen) atoms. The van der Waals surface area contributed by atoms with Gasteiger partial charge in [-0.05, 0) is 29.6 Å². The van der Waals surface area contributed by atoms with Crippen molar-refractivity contribution in [1.29, 1.82) is 0 Å². The van der Waals surface area contributed by atoms with Crippen molar-refractivity contribution in [2.24, 2.45) is 0 Å². The molecule has 6 heteroatoms. The summed E-state index contributed by atoms with van der Waals surface area (Å²) in [7, 11) is 0. The van der Waals surface area contributed by atoms with Crippen molar-refractivity contribution in [3.63, 3.8) is 0 Å². The first-order chi connectivity index (χ1) is 8.65. The Morgan fingerprint density at radius 2 is 2.06 bits per heavy atom. The third-order valence-corrected chi connectivity index (χ3v) is 3.82. The smallest absolute Gasteiger partial charge is 0.166 e. The summed E-state index contributed by atoms with van der Waals surface area (Å²) in [5, 5.41) is 2.69. The first kappa shape index (κ1) is 11.6. The minimum Gasteiger partial charge on any atom is -0.383 e. The number of benzene rings is 1. The van der Waals surface area contributed by atoms with Crippen molar-refractivity contribution in [3.05, 3.63) is 39.9 Å². The van der Waals surface area contributed by atoms with Gasteiger partial charge in [0.1, 0.15) is 16.5 Å². The predicted octanol–water partition coefficient (Wildman–Crippen LogP) is 3.84. The fraction of sp³-hybridized carbons (Fsp3) is 0. The average molecular weight is 324 g/mol. The van der Waals surface area contributed by atoms with Crippen molar-refractivity contribution in [2.75, 3.05) is 5.73 Å². The molecule has 2 heterocycles. The van der Waals surface area contributed by atoms with Crippen molar-refractivity contribution in [2.45, 2.75) is 0 Å². The zero-order valence-corrected chi connectivity index (χ0v) is 11.4.